The van der Waals surface area contributed by atoms with Gasteiger partial charge >= 0.3 is 0 Å². The lowest BCUT2D eigenvalue weighted by Crippen LogP contribution is -2.11. The van der Waals surface area contributed by atoms with Gasteiger partial charge < -0.3 is 5.32 Å². The van der Waals surface area contributed by atoms with E-state index in [1.165, 1.54) is 0 Å². The maximum absolute atomic E-state index is 5.84. The Balaban J connectivity index is 2.32. The Labute approximate surface area is 86.9 Å². The van der Waals surface area contributed by atoms with Crippen molar-refractivity contribution in [1.82, 2.24) is 19.9 Å². The van der Waals surface area contributed by atoms with Crippen molar-refractivity contribution < 1.29 is 0 Å². The summed E-state index contributed by atoms with van der Waals surface area (Å²) in [5.41, 5.74) is 0.795. The third-order valence-electron chi connectivity index (χ3n) is 1.94. The average Bonchev–Trinajstić information content (AvgIpc) is 2.56. The molecule has 74 valence electrons. The molecule has 2 rings (SSSR count). The third-order valence-corrected chi connectivity index (χ3v) is 2.18. The number of fused-ring (bicyclic) bond motifs is 1. The summed E-state index contributed by atoms with van der Waals surface area (Å²) in [5, 5.41) is 8.04. The van der Waals surface area contributed by atoms with E-state index in [4.69, 9.17) is 11.6 Å². The van der Waals surface area contributed by atoms with Crippen LogP contribution < -0.4 is 5.32 Å². The molecule has 0 aliphatic heterocycles. The number of nitrogens with one attached hydrogen (secondary N) is 1. The Kier molecular flexibility index (Phi) is 2.65. The highest BCUT2D eigenvalue weighted by atomic mass is 35.5. The molecule has 2 heterocycles. The van der Waals surface area contributed by atoms with Gasteiger partial charge in [0.05, 0.1) is 0 Å². The van der Waals surface area contributed by atoms with E-state index in [0.717, 1.165) is 24.4 Å². The van der Waals surface area contributed by atoms with Crippen LogP contribution in [0.1, 0.15) is 5.82 Å². The lowest BCUT2D eigenvalue weighted by molar-refractivity contribution is 0.751. The van der Waals surface area contributed by atoms with Crippen LogP contribution in [-0.2, 0) is 6.42 Å². The summed E-state index contributed by atoms with van der Waals surface area (Å²) < 4.78 is 1.73. The zero-order valence-electron chi connectivity index (χ0n) is 7.87. The lowest BCUT2D eigenvalue weighted by Gasteiger charge is -1.91. The number of nitrogens with zero attached hydrogens (tertiary/aromatic N) is 3. The minimum absolute atomic E-state index is 0.685. The fourth-order valence-corrected chi connectivity index (χ4v) is 1.40. The molecule has 0 aliphatic carbocycles. The van der Waals surface area contributed by atoms with Crippen LogP contribution in [0, 0.1) is 0 Å². The molecule has 0 aliphatic rings. The first-order valence-electron chi connectivity index (χ1n) is 4.45. The topological polar surface area (TPSA) is 42.2 Å². The van der Waals surface area contributed by atoms with Crippen molar-refractivity contribution >= 4 is 17.2 Å². The fraction of sp³-hybridized carbons (Fsp3) is 0.333. The predicted molar refractivity (Wildman–Crippen MR) is 55.6 cm³/mol. The van der Waals surface area contributed by atoms with Crippen molar-refractivity contribution in [2.75, 3.05) is 13.6 Å². The predicted octanol–water partition coefficient (Wildman–Crippen LogP) is 1.14. The minimum Gasteiger partial charge on any atom is -0.319 e. The standard InChI is InChI=1S/C9H11ClN4/c1-11-4-2-8-12-9-6-7(10)3-5-14(9)13-8/h3,5-6,11H,2,4H2,1H3. The normalized spacial score (nSPS) is 11.0. The van der Waals surface area contributed by atoms with Gasteiger partial charge in [0.15, 0.2) is 11.5 Å². The number of aromatic nitrogens is 3. The molecule has 0 radical (unpaired) electrons. The number of hydrogen-bond acceptors (Lipinski definition) is 3. The monoisotopic (exact) mass is 210 g/mol. The van der Waals surface area contributed by atoms with Gasteiger partial charge in [-0.25, -0.2) is 9.50 Å². The highest BCUT2D eigenvalue weighted by Crippen LogP contribution is 2.10. The maximum Gasteiger partial charge on any atom is 0.157 e. The molecule has 4 nitrogen and oxygen atoms in total. The summed E-state index contributed by atoms with van der Waals surface area (Å²) in [5.74, 6) is 0.835. The Bertz CT molecular complexity index is 437. The SMILES string of the molecule is CNCCc1nc2cc(Cl)ccn2n1. The zero-order valence-corrected chi connectivity index (χ0v) is 8.62. The molecule has 0 saturated carbocycles. The van der Waals surface area contributed by atoms with Crippen molar-refractivity contribution in [3.05, 3.63) is 29.2 Å². The van der Waals surface area contributed by atoms with Crippen molar-refractivity contribution in [3.8, 4) is 0 Å². The summed E-state index contributed by atoms with van der Waals surface area (Å²) in [6.45, 7) is 0.880. The van der Waals surface area contributed by atoms with Crippen LogP contribution in [0.15, 0.2) is 18.3 Å². The summed E-state index contributed by atoms with van der Waals surface area (Å²) in [4.78, 5) is 4.34. The number of likely N-dealkylation sites (N-methyl/N-ethyl adjacent to an activating group) is 1. The maximum atomic E-state index is 5.84. The molecule has 0 aromatic carbocycles. The number of hydrogen-bond donors (Lipinski definition) is 1. The first-order valence-corrected chi connectivity index (χ1v) is 4.83. The minimum atomic E-state index is 0.685. The molecule has 0 unspecified atom stereocenters. The molecule has 0 fully saturated rings. The van der Waals surface area contributed by atoms with Crippen LogP contribution in [0.4, 0.5) is 0 Å². The van der Waals surface area contributed by atoms with E-state index in [2.05, 4.69) is 15.4 Å². The molecule has 0 spiro atoms. The van der Waals surface area contributed by atoms with Crippen LogP contribution >= 0.6 is 11.6 Å². The quantitative estimate of drug-likeness (QED) is 0.827. The van der Waals surface area contributed by atoms with Crippen LogP contribution in [0.25, 0.3) is 5.65 Å². The molecule has 0 amide bonds. The molecule has 2 aromatic rings. The van der Waals surface area contributed by atoms with Gasteiger partial charge in [-0.15, -0.1) is 0 Å². The number of rotatable bonds is 3. The van der Waals surface area contributed by atoms with Crippen molar-refractivity contribution in [2.45, 2.75) is 6.42 Å². The molecular weight excluding hydrogens is 200 g/mol. The molecule has 0 saturated heterocycles. The van der Waals surface area contributed by atoms with Gasteiger partial charge in [0.25, 0.3) is 0 Å². The lowest BCUT2D eigenvalue weighted by atomic mass is 10.4. The fourth-order valence-electron chi connectivity index (χ4n) is 1.25. The third kappa shape index (κ3) is 1.86. The van der Waals surface area contributed by atoms with Crippen molar-refractivity contribution in [1.29, 1.82) is 0 Å². The zero-order chi connectivity index (χ0) is 9.97. The van der Waals surface area contributed by atoms with E-state index in [9.17, 15) is 0 Å². The number of halogens is 1. The Morgan fingerprint density at radius 1 is 1.57 bits per heavy atom. The van der Waals surface area contributed by atoms with E-state index in [0.29, 0.717) is 5.02 Å². The molecule has 0 atom stereocenters. The van der Waals surface area contributed by atoms with Gasteiger partial charge in [-0.1, -0.05) is 11.6 Å². The van der Waals surface area contributed by atoms with Crippen molar-refractivity contribution in [2.24, 2.45) is 0 Å². The van der Waals surface area contributed by atoms with E-state index in [1.54, 1.807) is 16.6 Å². The first kappa shape index (κ1) is 9.43. The highest BCUT2D eigenvalue weighted by molar-refractivity contribution is 6.30. The Morgan fingerprint density at radius 3 is 3.21 bits per heavy atom. The van der Waals surface area contributed by atoms with Gasteiger partial charge in [-0.05, 0) is 13.1 Å². The van der Waals surface area contributed by atoms with Gasteiger partial charge in [0, 0.05) is 30.3 Å². The van der Waals surface area contributed by atoms with Gasteiger partial charge in [0.2, 0.25) is 0 Å². The number of pyridine rings is 1. The van der Waals surface area contributed by atoms with Crippen LogP contribution in [0.3, 0.4) is 0 Å². The van der Waals surface area contributed by atoms with E-state index in [1.807, 2.05) is 13.2 Å². The molecule has 0 bridgehead atoms. The smallest absolute Gasteiger partial charge is 0.157 e. The summed E-state index contributed by atoms with van der Waals surface area (Å²) in [6.07, 6.45) is 2.64. The van der Waals surface area contributed by atoms with Crippen LogP contribution in [-0.4, -0.2) is 28.2 Å². The Morgan fingerprint density at radius 2 is 2.43 bits per heavy atom. The van der Waals surface area contributed by atoms with Crippen LogP contribution in [0.5, 0.6) is 0 Å². The molecule has 2 aromatic heterocycles. The Hall–Kier alpha value is -1.13. The van der Waals surface area contributed by atoms with Crippen LogP contribution in [0.2, 0.25) is 5.02 Å². The average molecular weight is 211 g/mol. The van der Waals surface area contributed by atoms with Gasteiger partial charge in [-0.2, -0.15) is 5.10 Å². The first-order chi connectivity index (χ1) is 6.79. The second kappa shape index (κ2) is 3.94. The highest BCUT2D eigenvalue weighted by Gasteiger charge is 2.02. The second-order valence-electron chi connectivity index (χ2n) is 3.03. The van der Waals surface area contributed by atoms with E-state index in [-0.39, 0.29) is 0 Å². The van der Waals surface area contributed by atoms with Crippen molar-refractivity contribution in [3.63, 3.8) is 0 Å². The molecule has 5 heteroatoms. The summed E-state index contributed by atoms with van der Waals surface area (Å²) in [7, 11) is 1.91. The van der Waals surface area contributed by atoms with Gasteiger partial charge in [0.1, 0.15) is 0 Å². The second-order valence-corrected chi connectivity index (χ2v) is 3.47. The molecular formula is C9H11ClN4. The summed E-state index contributed by atoms with van der Waals surface area (Å²) >= 11 is 5.84. The van der Waals surface area contributed by atoms with E-state index >= 15 is 0 Å². The largest absolute Gasteiger partial charge is 0.319 e. The van der Waals surface area contributed by atoms with E-state index < -0.39 is 0 Å². The summed E-state index contributed by atoms with van der Waals surface area (Å²) in [6, 6.07) is 3.60. The molecule has 14 heavy (non-hydrogen) atoms. The molecule has 1 N–H and O–H groups in total. The van der Waals surface area contributed by atoms with Gasteiger partial charge in [-0.3, -0.25) is 0 Å².